The first-order chi connectivity index (χ1) is 11.5. The van der Waals surface area contributed by atoms with Crippen molar-refractivity contribution in [1.29, 1.82) is 0 Å². The van der Waals surface area contributed by atoms with Crippen LogP contribution in [0.2, 0.25) is 0 Å². The minimum absolute atomic E-state index is 0.0374. The Morgan fingerprint density at radius 3 is 2.96 bits per heavy atom. The maximum Gasteiger partial charge on any atom is 0.239 e. The Kier molecular flexibility index (Phi) is 4.75. The Bertz CT molecular complexity index is 842. The number of imidazole rings is 1. The maximum atomic E-state index is 12.3. The number of thiophene rings is 1. The average molecular weight is 344 g/mol. The van der Waals surface area contributed by atoms with Crippen LogP contribution in [0.3, 0.4) is 0 Å². The SMILES string of the molecule is Cc1ccc(CC(C)NC(=O)CN(C)c2ncnc3nc[nH]c23)s1. The van der Waals surface area contributed by atoms with E-state index in [1.165, 1.54) is 16.1 Å². The van der Waals surface area contributed by atoms with Crippen LogP contribution in [-0.2, 0) is 11.2 Å². The minimum atomic E-state index is -0.0374. The molecular formula is C16H20N6OS. The number of fused-ring (bicyclic) bond motifs is 1. The van der Waals surface area contributed by atoms with Crippen molar-refractivity contribution in [2.75, 3.05) is 18.5 Å². The van der Waals surface area contributed by atoms with Crippen molar-refractivity contribution in [3.05, 3.63) is 34.5 Å². The average Bonchev–Trinajstić information content (AvgIpc) is 3.15. The number of aromatic amines is 1. The summed E-state index contributed by atoms with van der Waals surface area (Å²) in [6.07, 6.45) is 3.86. The maximum absolute atomic E-state index is 12.3. The van der Waals surface area contributed by atoms with Crippen LogP contribution in [0.4, 0.5) is 5.82 Å². The molecule has 3 aromatic heterocycles. The molecule has 3 rings (SSSR count). The molecule has 0 spiro atoms. The van der Waals surface area contributed by atoms with Gasteiger partial charge >= 0.3 is 0 Å². The van der Waals surface area contributed by atoms with Crippen molar-refractivity contribution in [3.8, 4) is 0 Å². The van der Waals surface area contributed by atoms with E-state index in [0.29, 0.717) is 11.5 Å². The molecule has 0 saturated heterocycles. The van der Waals surface area contributed by atoms with Crippen molar-refractivity contribution >= 4 is 34.2 Å². The van der Waals surface area contributed by atoms with Crippen LogP contribution >= 0.6 is 11.3 Å². The largest absolute Gasteiger partial charge is 0.352 e. The van der Waals surface area contributed by atoms with E-state index in [2.05, 4.69) is 44.3 Å². The van der Waals surface area contributed by atoms with Gasteiger partial charge in [-0.15, -0.1) is 11.3 Å². The predicted octanol–water partition coefficient (Wildman–Crippen LogP) is 1.91. The number of anilines is 1. The molecule has 0 radical (unpaired) electrons. The minimum Gasteiger partial charge on any atom is -0.352 e. The zero-order valence-corrected chi connectivity index (χ0v) is 14.7. The Morgan fingerprint density at radius 1 is 1.38 bits per heavy atom. The van der Waals surface area contributed by atoms with Crippen molar-refractivity contribution in [3.63, 3.8) is 0 Å². The number of aryl methyl sites for hydroxylation is 1. The first-order valence-electron chi connectivity index (χ1n) is 7.73. The molecule has 1 amide bonds. The van der Waals surface area contributed by atoms with Gasteiger partial charge in [0, 0.05) is 29.3 Å². The number of likely N-dealkylation sites (N-methyl/N-ethyl adjacent to an activating group) is 1. The van der Waals surface area contributed by atoms with E-state index >= 15 is 0 Å². The Labute approximate surface area is 144 Å². The third kappa shape index (κ3) is 3.70. The van der Waals surface area contributed by atoms with Gasteiger partial charge in [0.15, 0.2) is 11.5 Å². The van der Waals surface area contributed by atoms with Crippen molar-refractivity contribution in [2.24, 2.45) is 0 Å². The summed E-state index contributed by atoms with van der Waals surface area (Å²) in [5, 5.41) is 3.04. The highest BCUT2D eigenvalue weighted by atomic mass is 32.1. The van der Waals surface area contributed by atoms with Crippen molar-refractivity contribution < 1.29 is 4.79 Å². The lowest BCUT2D eigenvalue weighted by molar-refractivity contribution is -0.120. The number of rotatable bonds is 6. The molecule has 0 aliphatic carbocycles. The van der Waals surface area contributed by atoms with Crippen LogP contribution in [0.5, 0.6) is 0 Å². The molecule has 2 N–H and O–H groups in total. The summed E-state index contributed by atoms with van der Waals surface area (Å²) in [5.74, 6) is 0.624. The molecule has 8 heteroatoms. The van der Waals surface area contributed by atoms with Gasteiger partial charge in [0.2, 0.25) is 5.91 Å². The highest BCUT2D eigenvalue weighted by Crippen LogP contribution is 2.18. The van der Waals surface area contributed by atoms with Gasteiger partial charge in [-0.2, -0.15) is 0 Å². The fraction of sp³-hybridized carbons (Fsp3) is 0.375. The van der Waals surface area contributed by atoms with E-state index in [4.69, 9.17) is 0 Å². The summed E-state index contributed by atoms with van der Waals surface area (Å²) in [6.45, 7) is 4.33. The molecule has 0 aliphatic rings. The van der Waals surface area contributed by atoms with E-state index < -0.39 is 0 Å². The number of carbonyl (C=O) groups is 1. The van der Waals surface area contributed by atoms with Gasteiger partial charge in [-0.05, 0) is 26.0 Å². The van der Waals surface area contributed by atoms with Crippen LogP contribution < -0.4 is 10.2 Å². The predicted molar refractivity (Wildman–Crippen MR) is 95.3 cm³/mol. The van der Waals surface area contributed by atoms with E-state index in [1.807, 2.05) is 14.0 Å². The lowest BCUT2D eigenvalue weighted by atomic mass is 10.2. The molecule has 1 atom stereocenters. The number of nitrogens with one attached hydrogen (secondary N) is 2. The number of hydrogen-bond donors (Lipinski definition) is 2. The summed E-state index contributed by atoms with van der Waals surface area (Å²) in [7, 11) is 1.83. The summed E-state index contributed by atoms with van der Waals surface area (Å²) >= 11 is 1.77. The van der Waals surface area contributed by atoms with Gasteiger partial charge < -0.3 is 15.2 Å². The summed E-state index contributed by atoms with van der Waals surface area (Å²) in [4.78, 5) is 32.1. The van der Waals surface area contributed by atoms with Gasteiger partial charge in [0.05, 0.1) is 12.9 Å². The molecule has 1 unspecified atom stereocenters. The van der Waals surface area contributed by atoms with Crippen LogP contribution in [0.25, 0.3) is 11.2 Å². The molecule has 0 fully saturated rings. The van der Waals surface area contributed by atoms with Gasteiger partial charge in [-0.1, -0.05) is 0 Å². The smallest absolute Gasteiger partial charge is 0.239 e. The third-order valence-electron chi connectivity index (χ3n) is 3.66. The third-order valence-corrected chi connectivity index (χ3v) is 4.68. The molecule has 3 heterocycles. The molecule has 0 aliphatic heterocycles. The van der Waals surface area contributed by atoms with Crippen LogP contribution in [0.15, 0.2) is 24.8 Å². The van der Waals surface area contributed by atoms with E-state index in [1.54, 1.807) is 22.6 Å². The Hall–Kier alpha value is -2.48. The van der Waals surface area contributed by atoms with Gasteiger partial charge in [0.1, 0.15) is 11.8 Å². The van der Waals surface area contributed by atoms with Crippen LogP contribution in [-0.4, -0.2) is 45.5 Å². The number of H-pyrrole nitrogens is 1. The molecule has 7 nitrogen and oxygen atoms in total. The molecular weight excluding hydrogens is 324 g/mol. The highest BCUT2D eigenvalue weighted by molar-refractivity contribution is 7.11. The van der Waals surface area contributed by atoms with Gasteiger partial charge in [0.25, 0.3) is 0 Å². The Morgan fingerprint density at radius 2 is 2.21 bits per heavy atom. The zero-order valence-electron chi connectivity index (χ0n) is 13.9. The highest BCUT2D eigenvalue weighted by Gasteiger charge is 2.15. The molecule has 3 aromatic rings. The normalized spacial score (nSPS) is 12.3. The number of aromatic nitrogens is 4. The molecule has 126 valence electrons. The van der Waals surface area contributed by atoms with Crippen LogP contribution in [0.1, 0.15) is 16.7 Å². The van der Waals surface area contributed by atoms with Gasteiger partial charge in [-0.3, -0.25) is 4.79 Å². The first-order valence-corrected chi connectivity index (χ1v) is 8.54. The van der Waals surface area contributed by atoms with E-state index in [0.717, 1.165) is 11.9 Å². The lowest BCUT2D eigenvalue weighted by Crippen LogP contribution is -2.40. The monoisotopic (exact) mass is 344 g/mol. The standard InChI is InChI=1S/C16H20N6OS/c1-10(6-12-5-4-11(2)24-12)21-13(23)7-22(3)16-14-15(18-8-17-14)19-9-20-16/h4-5,8-10H,6-7H2,1-3H3,(H,21,23)(H,17,18,19,20). The fourth-order valence-electron chi connectivity index (χ4n) is 2.60. The quantitative estimate of drug-likeness (QED) is 0.713. The van der Waals surface area contributed by atoms with Crippen molar-refractivity contribution in [1.82, 2.24) is 25.3 Å². The second kappa shape index (κ2) is 6.96. The topological polar surface area (TPSA) is 86.8 Å². The lowest BCUT2D eigenvalue weighted by Gasteiger charge is -2.20. The Balaban J connectivity index is 1.59. The van der Waals surface area contributed by atoms with Crippen molar-refractivity contribution in [2.45, 2.75) is 26.3 Å². The van der Waals surface area contributed by atoms with Gasteiger partial charge in [-0.25, -0.2) is 15.0 Å². The summed E-state index contributed by atoms with van der Waals surface area (Å²) < 4.78 is 0. The first kappa shape index (κ1) is 16.4. The molecule has 0 bridgehead atoms. The summed E-state index contributed by atoms with van der Waals surface area (Å²) in [6, 6.07) is 4.30. The second-order valence-corrected chi connectivity index (χ2v) is 7.21. The second-order valence-electron chi connectivity index (χ2n) is 5.84. The molecule has 24 heavy (non-hydrogen) atoms. The number of nitrogens with zero attached hydrogens (tertiary/aromatic N) is 4. The number of carbonyl (C=O) groups excluding carboxylic acids is 1. The zero-order chi connectivity index (χ0) is 17.1. The molecule has 0 aromatic carbocycles. The van der Waals surface area contributed by atoms with E-state index in [9.17, 15) is 4.79 Å². The molecule has 0 saturated carbocycles. The number of amides is 1. The van der Waals surface area contributed by atoms with E-state index in [-0.39, 0.29) is 18.5 Å². The fourth-order valence-corrected chi connectivity index (χ4v) is 3.62. The summed E-state index contributed by atoms with van der Waals surface area (Å²) in [5.41, 5.74) is 1.32. The van der Waals surface area contributed by atoms with Crippen LogP contribution in [0, 0.1) is 6.92 Å². The number of hydrogen-bond acceptors (Lipinski definition) is 6.